The number of rotatable bonds is 6. The minimum Gasteiger partial charge on any atom is -0.345 e. The van der Waals surface area contributed by atoms with E-state index in [1.54, 1.807) is 42.5 Å². The van der Waals surface area contributed by atoms with Crippen LogP contribution < -0.4 is 10.6 Å². The zero-order valence-corrected chi connectivity index (χ0v) is 15.9. The predicted molar refractivity (Wildman–Crippen MR) is 113 cm³/mol. The predicted octanol–water partition coefficient (Wildman–Crippen LogP) is 4.97. The first-order valence-electron chi connectivity index (χ1n) is 9.22. The molecular formula is C24H21FN2O2. The lowest BCUT2D eigenvalue weighted by Gasteiger charge is -2.16. The molecule has 0 spiro atoms. The number of amides is 2. The van der Waals surface area contributed by atoms with E-state index in [0.29, 0.717) is 16.8 Å². The Morgan fingerprint density at radius 3 is 2.28 bits per heavy atom. The topological polar surface area (TPSA) is 58.2 Å². The van der Waals surface area contributed by atoms with Gasteiger partial charge in [-0.15, -0.1) is 0 Å². The molecule has 29 heavy (non-hydrogen) atoms. The Morgan fingerprint density at radius 2 is 1.55 bits per heavy atom. The number of anilines is 1. The number of nitrogens with one attached hydrogen (secondary N) is 2. The monoisotopic (exact) mass is 388 g/mol. The van der Waals surface area contributed by atoms with Crippen LogP contribution in [-0.4, -0.2) is 11.8 Å². The molecule has 0 aliphatic carbocycles. The summed E-state index contributed by atoms with van der Waals surface area (Å²) in [4.78, 5) is 25.0. The third kappa shape index (κ3) is 5.62. The van der Waals surface area contributed by atoms with Crippen LogP contribution in [0, 0.1) is 5.82 Å². The summed E-state index contributed by atoms with van der Waals surface area (Å²) in [7, 11) is 0. The van der Waals surface area contributed by atoms with Crippen LogP contribution >= 0.6 is 0 Å². The van der Waals surface area contributed by atoms with Crippen LogP contribution in [0.1, 0.15) is 34.5 Å². The van der Waals surface area contributed by atoms with E-state index in [0.717, 1.165) is 5.56 Å². The van der Waals surface area contributed by atoms with Gasteiger partial charge in [0.1, 0.15) is 5.82 Å². The van der Waals surface area contributed by atoms with Gasteiger partial charge in [0.2, 0.25) is 5.91 Å². The Kier molecular flexibility index (Phi) is 6.53. The maximum atomic E-state index is 13.0. The summed E-state index contributed by atoms with van der Waals surface area (Å²) in [5, 5.41) is 5.67. The molecule has 0 radical (unpaired) electrons. The van der Waals surface area contributed by atoms with Gasteiger partial charge in [0, 0.05) is 6.08 Å². The number of benzene rings is 3. The van der Waals surface area contributed by atoms with Crippen LogP contribution in [0.2, 0.25) is 0 Å². The highest BCUT2D eigenvalue weighted by molar-refractivity contribution is 6.07. The lowest BCUT2D eigenvalue weighted by atomic mass is 10.1. The maximum Gasteiger partial charge on any atom is 0.253 e. The molecule has 3 rings (SSSR count). The van der Waals surface area contributed by atoms with Gasteiger partial charge in [-0.05, 0) is 48.4 Å². The quantitative estimate of drug-likeness (QED) is 0.586. The molecule has 0 aliphatic rings. The lowest BCUT2D eigenvalue weighted by Crippen LogP contribution is -2.27. The van der Waals surface area contributed by atoms with Crippen molar-refractivity contribution in [3.8, 4) is 0 Å². The average molecular weight is 388 g/mol. The van der Waals surface area contributed by atoms with Gasteiger partial charge in [-0.2, -0.15) is 0 Å². The molecule has 0 saturated heterocycles. The Labute approximate surface area is 169 Å². The van der Waals surface area contributed by atoms with Gasteiger partial charge in [0.15, 0.2) is 0 Å². The molecule has 0 aliphatic heterocycles. The zero-order chi connectivity index (χ0) is 20.6. The summed E-state index contributed by atoms with van der Waals surface area (Å²) in [6.45, 7) is 1.90. The zero-order valence-electron chi connectivity index (χ0n) is 15.9. The fourth-order valence-corrected chi connectivity index (χ4v) is 2.81. The largest absolute Gasteiger partial charge is 0.345 e. The Bertz CT molecular complexity index is 1010. The van der Waals surface area contributed by atoms with E-state index >= 15 is 0 Å². The van der Waals surface area contributed by atoms with Crippen molar-refractivity contribution >= 4 is 23.6 Å². The van der Waals surface area contributed by atoms with Crippen molar-refractivity contribution in [3.63, 3.8) is 0 Å². The van der Waals surface area contributed by atoms with Crippen LogP contribution in [0.15, 0.2) is 84.9 Å². The molecule has 4 nitrogen and oxygen atoms in total. The summed E-state index contributed by atoms with van der Waals surface area (Å²) in [6.07, 6.45) is 2.92. The third-order valence-corrected chi connectivity index (χ3v) is 4.37. The summed E-state index contributed by atoms with van der Waals surface area (Å²) < 4.78 is 13.0. The first-order valence-corrected chi connectivity index (χ1v) is 9.22. The van der Waals surface area contributed by atoms with Gasteiger partial charge >= 0.3 is 0 Å². The van der Waals surface area contributed by atoms with Gasteiger partial charge in [-0.3, -0.25) is 9.59 Å². The summed E-state index contributed by atoms with van der Waals surface area (Å²) in [6, 6.07) is 22.1. The minimum absolute atomic E-state index is 0.175. The standard InChI is InChI=1S/C24H21FN2O2/c1-17(19-7-3-2-4-8-19)26-24(29)21-9-5-6-10-22(21)27-23(28)16-13-18-11-14-20(25)15-12-18/h2-17H,1H3,(H,26,29)(H,27,28)/b16-13+/t17-/m0/s1. The van der Waals surface area contributed by atoms with E-state index in [1.807, 2.05) is 37.3 Å². The van der Waals surface area contributed by atoms with E-state index in [1.165, 1.54) is 18.2 Å². The number of para-hydroxylation sites is 1. The highest BCUT2D eigenvalue weighted by atomic mass is 19.1. The number of carbonyl (C=O) groups is 2. The van der Waals surface area contributed by atoms with E-state index in [9.17, 15) is 14.0 Å². The normalized spacial score (nSPS) is 11.8. The number of carbonyl (C=O) groups excluding carboxylic acids is 2. The van der Waals surface area contributed by atoms with Crippen molar-refractivity contribution in [3.05, 3.63) is 107 Å². The van der Waals surface area contributed by atoms with Crippen LogP contribution in [0.25, 0.3) is 6.08 Å². The highest BCUT2D eigenvalue weighted by Gasteiger charge is 2.15. The van der Waals surface area contributed by atoms with Crippen molar-refractivity contribution in [1.82, 2.24) is 5.32 Å². The molecule has 0 bridgehead atoms. The smallest absolute Gasteiger partial charge is 0.253 e. The molecule has 2 N–H and O–H groups in total. The maximum absolute atomic E-state index is 13.0. The number of hydrogen-bond donors (Lipinski definition) is 2. The third-order valence-electron chi connectivity index (χ3n) is 4.37. The van der Waals surface area contributed by atoms with Crippen molar-refractivity contribution in [2.75, 3.05) is 5.32 Å². The van der Waals surface area contributed by atoms with Crippen molar-refractivity contribution < 1.29 is 14.0 Å². The molecule has 3 aromatic rings. The van der Waals surface area contributed by atoms with Crippen LogP contribution in [-0.2, 0) is 4.79 Å². The number of hydrogen-bond acceptors (Lipinski definition) is 2. The second kappa shape index (κ2) is 9.46. The van der Waals surface area contributed by atoms with Crippen LogP contribution in [0.4, 0.5) is 10.1 Å². The Balaban J connectivity index is 1.68. The first kappa shape index (κ1) is 20.0. The van der Waals surface area contributed by atoms with Crippen molar-refractivity contribution in [2.24, 2.45) is 0 Å². The molecule has 0 fully saturated rings. The molecule has 0 aromatic heterocycles. The van der Waals surface area contributed by atoms with Crippen LogP contribution in [0.5, 0.6) is 0 Å². The molecular weight excluding hydrogens is 367 g/mol. The minimum atomic E-state index is -0.384. The average Bonchev–Trinajstić information content (AvgIpc) is 2.74. The second-order valence-corrected chi connectivity index (χ2v) is 6.53. The first-order chi connectivity index (χ1) is 14.0. The van der Waals surface area contributed by atoms with Gasteiger partial charge in [0.05, 0.1) is 17.3 Å². The van der Waals surface area contributed by atoms with Gasteiger partial charge in [0.25, 0.3) is 5.91 Å². The molecule has 0 heterocycles. The molecule has 146 valence electrons. The molecule has 2 amide bonds. The van der Waals surface area contributed by atoms with Gasteiger partial charge in [-0.25, -0.2) is 4.39 Å². The van der Waals surface area contributed by atoms with Crippen molar-refractivity contribution in [1.29, 1.82) is 0 Å². The highest BCUT2D eigenvalue weighted by Crippen LogP contribution is 2.18. The van der Waals surface area contributed by atoms with E-state index in [4.69, 9.17) is 0 Å². The molecule has 1 atom stereocenters. The molecule has 3 aromatic carbocycles. The fraction of sp³-hybridized carbons (Fsp3) is 0.0833. The van der Waals surface area contributed by atoms with E-state index in [-0.39, 0.29) is 23.7 Å². The lowest BCUT2D eigenvalue weighted by molar-refractivity contribution is -0.111. The van der Waals surface area contributed by atoms with E-state index in [2.05, 4.69) is 10.6 Å². The van der Waals surface area contributed by atoms with Gasteiger partial charge < -0.3 is 10.6 Å². The molecule has 5 heteroatoms. The number of halogens is 1. The van der Waals surface area contributed by atoms with Crippen molar-refractivity contribution in [2.45, 2.75) is 13.0 Å². The molecule has 0 saturated carbocycles. The second-order valence-electron chi connectivity index (χ2n) is 6.53. The Hall–Kier alpha value is -3.73. The van der Waals surface area contributed by atoms with Crippen LogP contribution in [0.3, 0.4) is 0 Å². The summed E-state index contributed by atoms with van der Waals surface area (Å²) in [5.74, 6) is -0.998. The summed E-state index contributed by atoms with van der Waals surface area (Å²) >= 11 is 0. The summed E-state index contributed by atoms with van der Waals surface area (Å²) in [5.41, 5.74) is 2.48. The Morgan fingerprint density at radius 1 is 0.897 bits per heavy atom. The fourth-order valence-electron chi connectivity index (χ4n) is 2.81. The SMILES string of the molecule is C[C@H](NC(=O)c1ccccc1NC(=O)/C=C/c1ccc(F)cc1)c1ccccc1. The molecule has 0 unspecified atom stereocenters. The van der Waals surface area contributed by atoms with E-state index < -0.39 is 0 Å². The van der Waals surface area contributed by atoms with Gasteiger partial charge in [-0.1, -0.05) is 54.6 Å².